The summed E-state index contributed by atoms with van der Waals surface area (Å²) in [6.07, 6.45) is 1.99. The van der Waals surface area contributed by atoms with Gasteiger partial charge in [0.05, 0.1) is 20.6 Å². The van der Waals surface area contributed by atoms with Crippen LogP contribution in [0.25, 0.3) is 0 Å². The molecule has 3 rings (SSSR count). The fourth-order valence-electron chi connectivity index (χ4n) is 3.41. The molecular weight excluding hydrogens is 358 g/mol. The summed E-state index contributed by atoms with van der Waals surface area (Å²) in [5.74, 6) is 2.72. The number of likely N-dealkylation sites (tertiary alicyclic amines) is 1. The van der Waals surface area contributed by atoms with Crippen molar-refractivity contribution in [1.29, 1.82) is 0 Å². The number of carbonyl (C=O) groups is 1. The molecule has 150 valence electrons. The largest absolute Gasteiger partial charge is 0.493 e. The normalized spacial score (nSPS) is 14.6. The first kappa shape index (κ1) is 19.9. The average molecular weight is 385 g/mol. The van der Waals surface area contributed by atoms with Crippen molar-refractivity contribution in [3.05, 3.63) is 41.3 Å². The minimum atomic E-state index is 0.0684. The van der Waals surface area contributed by atoms with E-state index >= 15 is 0 Å². The Hall–Kier alpha value is -2.83. The predicted molar refractivity (Wildman–Crippen MR) is 105 cm³/mol. The monoisotopic (exact) mass is 385 g/mol. The molecule has 7 nitrogen and oxygen atoms in total. The van der Waals surface area contributed by atoms with Crippen LogP contribution in [0.3, 0.4) is 0 Å². The number of carbonyl (C=O) groups excluding carboxylic acids is 1. The fraction of sp³-hybridized carbons (Fsp3) is 0.476. The number of aromatic nitrogens is 2. The molecule has 1 saturated heterocycles. The zero-order valence-corrected chi connectivity index (χ0v) is 16.9. The summed E-state index contributed by atoms with van der Waals surface area (Å²) >= 11 is 0. The Bertz CT molecular complexity index is 812. The summed E-state index contributed by atoms with van der Waals surface area (Å²) in [7, 11) is 3.19. The van der Waals surface area contributed by atoms with Crippen LogP contribution in [0.2, 0.25) is 0 Å². The summed E-state index contributed by atoms with van der Waals surface area (Å²) in [5.41, 5.74) is 1.80. The Labute approximate surface area is 165 Å². The molecule has 0 radical (unpaired) electrons. The maximum atomic E-state index is 12.7. The van der Waals surface area contributed by atoms with Crippen molar-refractivity contribution in [1.82, 2.24) is 14.9 Å². The minimum absolute atomic E-state index is 0.0684. The van der Waals surface area contributed by atoms with Crippen molar-refractivity contribution >= 4 is 5.91 Å². The van der Waals surface area contributed by atoms with E-state index in [1.54, 1.807) is 14.2 Å². The lowest BCUT2D eigenvalue weighted by Crippen LogP contribution is -2.42. The Balaban J connectivity index is 1.53. The highest BCUT2D eigenvalue weighted by molar-refractivity contribution is 5.79. The van der Waals surface area contributed by atoms with Crippen molar-refractivity contribution in [2.45, 2.75) is 39.2 Å². The molecule has 0 unspecified atom stereocenters. The lowest BCUT2D eigenvalue weighted by atomic mass is 10.1. The lowest BCUT2D eigenvalue weighted by Gasteiger charge is -2.32. The topological polar surface area (TPSA) is 73.8 Å². The molecular formula is C21H27N3O4. The zero-order chi connectivity index (χ0) is 20.1. The molecule has 0 atom stereocenters. The standard InChI is InChI=1S/C21H27N3O4/c1-14-11-20(23-15(2)22-14)28-17-7-9-24(10-8-17)21(25)13-16-5-6-18(26-3)19(12-16)27-4/h5-6,11-12,17H,7-10,13H2,1-4H3. The highest BCUT2D eigenvalue weighted by Crippen LogP contribution is 2.28. The summed E-state index contributed by atoms with van der Waals surface area (Å²) in [6, 6.07) is 7.43. The van der Waals surface area contributed by atoms with Gasteiger partial charge < -0.3 is 19.1 Å². The molecule has 0 spiro atoms. The maximum absolute atomic E-state index is 12.7. The fourth-order valence-corrected chi connectivity index (χ4v) is 3.41. The quantitative estimate of drug-likeness (QED) is 0.761. The number of aryl methyl sites for hydroxylation is 2. The van der Waals surface area contributed by atoms with Crippen molar-refractivity contribution in [3.8, 4) is 17.4 Å². The molecule has 1 aliphatic rings. The molecule has 1 fully saturated rings. The van der Waals surface area contributed by atoms with Gasteiger partial charge in [0.2, 0.25) is 11.8 Å². The van der Waals surface area contributed by atoms with Crippen LogP contribution in [0, 0.1) is 13.8 Å². The van der Waals surface area contributed by atoms with E-state index in [1.807, 2.05) is 43.0 Å². The van der Waals surface area contributed by atoms with Crippen LogP contribution in [0.1, 0.15) is 29.9 Å². The van der Waals surface area contributed by atoms with Gasteiger partial charge in [0.25, 0.3) is 0 Å². The Morgan fingerprint density at radius 3 is 2.43 bits per heavy atom. The third kappa shape index (κ3) is 4.91. The van der Waals surface area contributed by atoms with Gasteiger partial charge in [-0.05, 0) is 31.5 Å². The number of benzene rings is 1. The van der Waals surface area contributed by atoms with Crippen LogP contribution < -0.4 is 14.2 Å². The molecule has 1 aliphatic heterocycles. The second kappa shape index (κ2) is 8.91. The SMILES string of the molecule is COc1ccc(CC(=O)N2CCC(Oc3cc(C)nc(C)n3)CC2)cc1OC. The molecule has 2 aromatic rings. The number of hydrogen-bond donors (Lipinski definition) is 0. The molecule has 0 bridgehead atoms. The maximum Gasteiger partial charge on any atom is 0.226 e. The second-order valence-electron chi connectivity index (χ2n) is 6.96. The summed E-state index contributed by atoms with van der Waals surface area (Å²) in [4.78, 5) is 23.2. The Kier molecular flexibility index (Phi) is 6.34. The first-order chi connectivity index (χ1) is 13.5. The van der Waals surface area contributed by atoms with Gasteiger partial charge in [-0.3, -0.25) is 4.79 Å². The summed E-state index contributed by atoms with van der Waals surface area (Å²) < 4.78 is 16.6. The third-order valence-electron chi connectivity index (χ3n) is 4.83. The van der Waals surface area contributed by atoms with Crippen LogP contribution in [0.4, 0.5) is 0 Å². The van der Waals surface area contributed by atoms with E-state index < -0.39 is 0 Å². The number of amides is 1. The van der Waals surface area contributed by atoms with Gasteiger partial charge in [-0.2, -0.15) is 4.98 Å². The van der Waals surface area contributed by atoms with Gasteiger partial charge in [0.15, 0.2) is 11.5 Å². The second-order valence-corrected chi connectivity index (χ2v) is 6.96. The van der Waals surface area contributed by atoms with Crippen molar-refractivity contribution in [3.63, 3.8) is 0 Å². The van der Waals surface area contributed by atoms with Crippen LogP contribution in [0.15, 0.2) is 24.3 Å². The number of hydrogen-bond acceptors (Lipinski definition) is 6. The minimum Gasteiger partial charge on any atom is -0.493 e. The number of nitrogens with zero attached hydrogens (tertiary/aromatic N) is 3. The first-order valence-corrected chi connectivity index (χ1v) is 9.46. The van der Waals surface area contributed by atoms with E-state index in [-0.39, 0.29) is 12.0 Å². The summed E-state index contributed by atoms with van der Waals surface area (Å²) in [5, 5.41) is 0. The molecule has 1 aromatic heterocycles. The van der Waals surface area contributed by atoms with Gasteiger partial charge in [-0.25, -0.2) is 4.98 Å². The molecule has 2 heterocycles. The first-order valence-electron chi connectivity index (χ1n) is 9.46. The van der Waals surface area contributed by atoms with Gasteiger partial charge in [0.1, 0.15) is 11.9 Å². The van der Waals surface area contributed by atoms with E-state index in [0.717, 1.165) is 24.1 Å². The number of piperidine rings is 1. The highest BCUT2D eigenvalue weighted by atomic mass is 16.5. The van der Waals surface area contributed by atoms with E-state index in [9.17, 15) is 4.79 Å². The summed E-state index contributed by atoms with van der Waals surface area (Å²) in [6.45, 7) is 5.14. The highest BCUT2D eigenvalue weighted by Gasteiger charge is 2.24. The van der Waals surface area contributed by atoms with Crippen molar-refractivity contribution < 1.29 is 19.0 Å². The van der Waals surface area contributed by atoms with Crippen molar-refractivity contribution in [2.75, 3.05) is 27.3 Å². The molecule has 1 amide bonds. The van der Waals surface area contributed by atoms with Crippen LogP contribution in [-0.2, 0) is 11.2 Å². The van der Waals surface area contributed by atoms with Crippen LogP contribution >= 0.6 is 0 Å². The van der Waals surface area contributed by atoms with Gasteiger partial charge >= 0.3 is 0 Å². The van der Waals surface area contributed by atoms with E-state index in [2.05, 4.69) is 9.97 Å². The van der Waals surface area contributed by atoms with E-state index in [1.165, 1.54) is 0 Å². The van der Waals surface area contributed by atoms with Gasteiger partial charge in [-0.15, -0.1) is 0 Å². The number of ether oxygens (including phenoxy) is 3. The van der Waals surface area contributed by atoms with Gasteiger partial charge in [-0.1, -0.05) is 6.07 Å². The number of rotatable bonds is 6. The van der Waals surface area contributed by atoms with Gasteiger partial charge in [0, 0.05) is 37.7 Å². The molecule has 0 N–H and O–H groups in total. The smallest absolute Gasteiger partial charge is 0.226 e. The average Bonchev–Trinajstić information content (AvgIpc) is 2.67. The van der Waals surface area contributed by atoms with E-state index in [0.29, 0.717) is 42.7 Å². The zero-order valence-electron chi connectivity index (χ0n) is 16.9. The molecule has 0 aliphatic carbocycles. The lowest BCUT2D eigenvalue weighted by molar-refractivity contribution is -0.132. The third-order valence-corrected chi connectivity index (χ3v) is 4.83. The molecule has 0 saturated carbocycles. The molecule has 7 heteroatoms. The Morgan fingerprint density at radius 1 is 1.07 bits per heavy atom. The molecule has 28 heavy (non-hydrogen) atoms. The number of methoxy groups -OCH3 is 2. The Morgan fingerprint density at radius 2 is 1.79 bits per heavy atom. The van der Waals surface area contributed by atoms with E-state index in [4.69, 9.17) is 14.2 Å². The van der Waals surface area contributed by atoms with Crippen LogP contribution in [-0.4, -0.2) is 54.2 Å². The predicted octanol–water partition coefficient (Wildman–Crippen LogP) is 2.72. The van der Waals surface area contributed by atoms with Crippen molar-refractivity contribution in [2.24, 2.45) is 0 Å². The molecule has 1 aromatic carbocycles. The van der Waals surface area contributed by atoms with Crippen LogP contribution in [0.5, 0.6) is 17.4 Å².